The van der Waals surface area contributed by atoms with E-state index in [0.717, 1.165) is 6.42 Å². The molecule has 0 spiro atoms. The van der Waals surface area contributed by atoms with Gasteiger partial charge in [0.2, 0.25) is 9.84 Å². The number of aliphatic carboxylic acids is 1. The quantitative estimate of drug-likeness (QED) is 0.441. The van der Waals surface area contributed by atoms with Crippen molar-refractivity contribution in [1.29, 1.82) is 0 Å². The first-order chi connectivity index (χ1) is 15.7. The summed E-state index contributed by atoms with van der Waals surface area (Å²) in [6.07, 6.45) is 4.65. The Kier molecular flexibility index (Phi) is 9.54. The van der Waals surface area contributed by atoms with Crippen LogP contribution in [0.5, 0.6) is 17.2 Å². The Labute approximate surface area is 195 Å². The monoisotopic (exact) mass is 474 g/mol. The van der Waals surface area contributed by atoms with E-state index in [1.54, 1.807) is 57.4 Å². The van der Waals surface area contributed by atoms with Crippen LogP contribution in [0.15, 0.2) is 70.5 Å². The highest BCUT2D eigenvalue weighted by Gasteiger charge is 2.21. The number of hydrogen-bond donors (Lipinski definition) is 1. The Morgan fingerprint density at radius 1 is 1.09 bits per heavy atom. The van der Waals surface area contributed by atoms with Crippen molar-refractivity contribution in [3.8, 4) is 17.2 Å². The molecule has 0 radical (unpaired) electrons. The third kappa shape index (κ3) is 7.68. The maximum Gasteiger partial charge on any atom is 0.307 e. The summed E-state index contributed by atoms with van der Waals surface area (Å²) in [7, 11) is -2.33. The highest BCUT2D eigenvalue weighted by molar-refractivity contribution is 7.95. The summed E-state index contributed by atoms with van der Waals surface area (Å²) in [4.78, 5) is 11.2. The molecule has 2 aromatic carbocycles. The highest BCUT2D eigenvalue weighted by Crippen LogP contribution is 2.27. The molecule has 0 saturated carbocycles. The van der Waals surface area contributed by atoms with E-state index >= 15 is 0 Å². The first kappa shape index (κ1) is 26.0. The molecule has 0 aromatic heterocycles. The topological polar surface area (TPSA) is 99.1 Å². The molecule has 1 atom stereocenters. The minimum atomic E-state index is -3.91. The summed E-state index contributed by atoms with van der Waals surface area (Å²) in [5.41, 5.74) is 0.352. The second-order valence-corrected chi connectivity index (χ2v) is 9.23. The molecule has 1 N–H and O–H groups in total. The predicted molar refractivity (Wildman–Crippen MR) is 127 cm³/mol. The van der Waals surface area contributed by atoms with Gasteiger partial charge in [0.25, 0.3) is 0 Å². The summed E-state index contributed by atoms with van der Waals surface area (Å²) >= 11 is 0. The first-order valence-corrected chi connectivity index (χ1v) is 12.1. The molecule has 0 aliphatic rings. The number of rotatable bonds is 12. The van der Waals surface area contributed by atoms with Crippen LogP contribution in [-0.2, 0) is 21.1 Å². The molecule has 7 nitrogen and oxygen atoms in total. The second kappa shape index (κ2) is 12.1. The standard InChI is InChI=1S/C25H30O7S/c1-5-13-31-22-14-19(16-25(26)27)15-24(17-22)33(28,29)23(6-2)12-7-18(3)32-21-10-8-20(30-4)9-11-21/h6-12,14-15,17-18H,5,13,16H2,1-4H3,(H,26,27)/b12-7-,23-6+. The van der Waals surface area contributed by atoms with Gasteiger partial charge >= 0.3 is 5.97 Å². The van der Waals surface area contributed by atoms with Crippen LogP contribution in [0.3, 0.4) is 0 Å². The smallest absolute Gasteiger partial charge is 0.307 e. The lowest BCUT2D eigenvalue weighted by molar-refractivity contribution is -0.136. The van der Waals surface area contributed by atoms with Crippen molar-refractivity contribution < 1.29 is 32.5 Å². The molecule has 0 bridgehead atoms. The van der Waals surface area contributed by atoms with E-state index < -0.39 is 21.9 Å². The Morgan fingerprint density at radius 3 is 2.33 bits per heavy atom. The summed E-state index contributed by atoms with van der Waals surface area (Å²) < 4.78 is 43.1. The van der Waals surface area contributed by atoms with Crippen LogP contribution < -0.4 is 14.2 Å². The molecule has 0 saturated heterocycles. The number of allylic oxidation sites excluding steroid dienone is 2. The van der Waals surface area contributed by atoms with Crippen LogP contribution in [0.25, 0.3) is 0 Å². The number of benzene rings is 2. The normalized spacial score (nSPS) is 13.0. The van der Waals surface area contributed by atoms with E-state index in [1.807, 2.05) is 6.92 Å². The van der Waals surface area contributed by atoms with Crippen LogP contribution in [0, 0.1) is 0 Å². The molecule has 33 heavy (non-hydrogen) atoms. The molecule has 8 heteroatoms. The molecule has 2 aromatic rings. The number of carboxylic acid groups (broad SMARTS) is 1. The molecule has 0 aliphatic carbocycles. The van der Waals surface area contributed by atoms with Gasteiger partial charge in [-0.05, 0) is 80.4 Å². The number of hydrogen-bond acceptors (Lipinski definition) is 6. The SMILES string of the molecule is C/C=C(\C=C/C(C)Oc1ccc(OC)cc1)S(=O)(=O)c1cc(CC(=O)O)cc(OCCC)c1. The number of sulfone groups is 1. The van der Waals surface area contributed by atoms with Crippen LogP contribution >= 0.6 is 0 Å². The number of methoxy groups -OCH3 is 1. The van der Waals surface area contributed by atoms with E-state index in [-0.39, 0.29) is 16.2 Å². The Balaban J connectivity index is 2.26. The van der Waals surface area contributed by atoms with E-state index in [0.29, 0.717) is 29.4 Å². The Bertz CT molecular complexity index is 1100. The van der Waals surface area contributed by atoms with Gasteiger partial charge in [0.05, 0.1) is 29.9 Å². The van der Waals surface area contributed by atoms with Crippen molar-refractivity contribution in [3.63, 3.8) is 0 Å². The molecule has 0 aliphatic heterocycles. The third-order valence-electron chi connectivity index (χ3n) is 4.59. The predicted octanol–water partition coefficient (Wildman–Crippen LogP) is 4.81. The van der Waals surface area contributed by atoms with Gasteiger partial charge in [-0.2, -0.15) is 0 Å². The zero-order valence-electron chi connectivity index (χ0n) is 19.3. The molecule has 0 fully saturated rings. The lowest BCUT2D eigenvalue weighted by atomic mass is 10.1. The number of carboxylic acids is 1. The maximum absolute atomic E-state index is 13.3. The van der Waals surface area contributed by atoms with Gasteiger partial charge in [-0.1, -0.05) is 13.0 Å². The van der Waals surface area contributed by atoms with Crippen LogP contribution in [0.1, 0.15) is 32.8 Å². The summed E-state index contributed by atoms with van der Waals surface area (Å²) in [5, 5.41) is 9.14. The van der Waals surface area contributed by atoms with E-state index in [1.165, 1.54) is 24.3 Å². The van der Waals surface area contributed by atoms with Gasteiger partial charge < -0.3 is 19.3 Å². The summed E-state index contributed by atoms with van der Waals surface area (Å²) in [6.45, 7) is 5.75. The lowest BCUT2D eigenvalue weighted by Crippen LogP contribution is -2.10. The van der Waals surface area contributed by atoms with Crippen molar-refractivity contribution in [1.82, 2.24) is 0 Å². The molecular weight excluding hydrogens is 444 g/mol. The largest absolute Gasteiger partial charge is 0.497 e. The van der Waals surface area contributed by atoms with Crippen LogP contribution in [-0.4, -0.2) is 39.3 Å². The van der Waals surface area contributed by atoms with Gasteiger partial charge in [0.15, 0.2) is 0 Å². The van der Waals surface area contributed by atoms with Gasteiger partial charge in [0, 0.05) is 0 Å². The van der Waals surface area contributed by atoms with Gasteiger partial charge in [-0.25, -0.2) is 8.42 Å². The van der Waals surface area contributed by atoms with E-state index in [2.05, 4.69) is 0 Å². The Morgan fingerprint density at radius 2 is 1.76 bits per heavy atom. The fraction of sp³-hybridized carbons (Fsp3) is 0.320. The van der Waals surface area contributed by atoms with Gasteiger partial charge in [0.1, 0.15) is 23.4 Å². The second-order valence-electron chi connectivity index (χ2n) is 7.28. The van der Waals surface area contributed by atoms with Crippen molar-refractivity contribution in [2.24, 2.45) is 0 Å². The molecule has 0 amide bonds. The van der Waals surface area contributed by atoms with Crippen molar-refractivity contribution in [2.75, 3.05) is 13.7 Å². The highest BCUT2D eigenvalue weighted by atomic mass is 32.2. The molecule has 2 rings (SSSR count). The van der Waals surface area contributed by atoms with Crippen LogP contribution in [0.2, 0.25) is 0 Å². The minimum Gasteiger partial charge on any atom is -0.497 e. The lowest BCUT2D eigenvalue weighted by Gasteiger charge is -2.13. The van der Waals surface area contributed by atoms with Crippen molar-refractivity contribution in [3.05, 3.63) is 71.2 Å². The number of ether oxygens (including phenoxy) is 3. The third-order valence-corrected chi connectivity index (χ3v) is 6.43. The van der Waals surface area contributed by atoms with E-state index in [4.69, 9.17) is 19.3 Å². The summed E-state index contributed by atoms with van der Waals surface area (Å²) in [5.74, 6) is 0.601. The fourth-order valence-corrected chi connectivity index (χ4v) is 4.40. The Hall–Kier alpha value is -3.26. The zero-order valence-corrected chi connectivity index (χ0v) is 20.1. The van der Waals surface area contributed by atoms with E-state index in [9.17, 15) is 13.2 Å². The number of carbonyl (C=O) groups is 1. The molecule has 0 heterocycles. The average Bonchev–Trinajstić information content (AvgIpc) is 2.77. The maximum atomic E-state index is 13.3. The fourth-order valence-electron chi connectivity index (χ4n) is 2.98. The first-order valence-electron chi connectivity index (χ1n) is 10.6. The molecular formula is C25H30O7S. The average molecular weight is 475 g/mol. The molecule has 1 unspecified atom stereocenters. The molecule has 178 valence electrons. The van der Waals surface area contributed by atoms with Crippen molar-refractivity contribution >= 4 is 15.8 Å². The summed E-state index contributed by atoms with van der Waals surface area (Å²) in [6, 6.07) is 11.4. The van der Waals surface area contributed by atoms with Gasteiger partial charge in [-0.3, -0.25) is 4.79 Å². The minimum absolute atomic E-state index is 0.0196. The van der Waals surface area contributed by atoms with Crippen molar-refractivity contribution in [2.45, 2.75) is 44.6 Å². The van der Waals surface area contributed by atoms with Crippen LogP contribution in [0.4, 0.5) is 0 Å². The van der Waals surface area contributed by atoms with Gasteiger partial charge in [-0.15, -0.1) is 0 Å². The zero-order chi connectivity index (χ0) is 24.4.